The molecule has 4 nitrogen and oxygen atoms in total. The Morgan fingerprint density at radius 1 is 1.12 bits per heavy atom. The quantitative estimate of drug-likeness (QED) is 0.794. The molecule has 0 aliphatic carbocycles. The first-order valence-electron chi connectivity index (χ1n) is 8.63. The molecule has 0 bridgehead atoms. The van der Waals surface area contributed by atoms with Crippen molar-refractivity contribution in [3.63, 3.8) is 0 Å². The fraction of sp³-hybridized carbons (Fsp3) is 0.238. The van der Waals surface area contributed by atoms with Gasteiger partial charge >= 0.3 is 5.97 Å². The van der Waals surface area contributed by atoms with Crippen molar-refractivity contribution >= 4 is 22.9 Å². The molecule has 1 aliphatic heterocycles. The van der Waals surface area contributed by atoms with Gasteiger partial charge in [0.05, 0.1) is 12.2 Å². The topological polar surface area (TPSA) is 50.7 Å². The Morgan fingerprint density at radius 2 is 1.77 bits per heavy atom. The fourth-order valence-electron chi connectivity index (χ4n) is 2.80. The number of thioether (sulfide) groups is 1. The number of ether oxygens (including phenoxy) is 1. The molecule has 0 saturated heterocycles. The molecule has 2 aromatic carbocycles. The number of nitrogens with one attached hydrogen (secondary N) is 1. The first-order chi connectivity index (χ1) is 12.7. The second-order valence-corrected chi connectivity index (χ2v) is 6.87. The van der Waals surface area contributed by atoms with Crippen LogP contribution in [0.5, 0.6) is 0 Å². The summed E-state index contributed by atoms with van der Waals surface area (Å²) in [6.45, 7) is 4.06. The van der Waals surface area contributed by atoms with Crippen molar-refractivity contribution in [1.82, 2.24) is 5.32 Å². The Morgan fingerprint density at radius 3 is 2.42 bits per heavy atom. The van der Waals surface area contributed by atoms with Crippen LogP contribution in [0, 0.1) is 0 Å². The van der Waals surface area contributed by atoms with Gasteiger partial charge in [-0.1, -0.05) is 72.4 Å². The molecule has 3 rings (SSSR count). The van der Waals surface area contributed by atoms with Gasteiger partial charge < -0.3 is 10.1 Å². The summed E-state index contributed by atoms with van der Waals surface area (Å²) in [7, 11) is 0. The standard InChI is InChI=1S/C21H22N2O2S/c1-3-25-20(24)18-15(2)22-21(26-14-16-10-6-4-7-11-16)23-19(18)17-12-8-5-9-13-17/h4-13,19H,3,14H2,1-2H3,(H,22,23)/t19-/m0/s1. The molecular formula is C21H22N2O2S. The molecule has 0 radical (unpaired) electrons. The first-order valence-corrected chi connectivity index (χ1v) is 9.62. The van der Waals surface area contributed by atoms with E-state index < -0.39 is 0 Å². The van der Waals surface area contributed by atoms with E-state index >= 15 is 0 Å². The number of hydrogen-bond donors (Lipinski definition) is 1. The van der Waals surface area contributed by atoms with Crippen molar-refractivity contribution < 1.29 is 9.53 Å². The van der Waals surface area contributed by atoms with Crippen LogP contribution in [-0.4, -0.2) is 17.7 Å². The minimum absolute atomic E-state index is 0.317. The molecule has 26 heavy (non-hydrogen) atoms. The molecule has 0 aromatic heterocycles. The number of aliphatic imine (C=N–C) groups is 1. The van der Waals surface area contributed by atoms with Crippen LogP contribution in [0.15, 0.2) is 76.9 Å². The molecule has 1 N–H and O–H groups in total. The number of nitrogens with zero attached hydrogens (tertiary/aromatic N) is 1. The summed E-state index contributed by atoms with van der Waals surface area (Å²) in [5.41, 5.74) is 3.58. The van der Waals surface area contributed by atoms with Crippen molar-refractivity contribution in [2.75, 3.05) is 6.61 Å². The van der Waals surface area contributed by atoms with E-state index in [1.165, 1.54) is 5.56 Å². The minimum Gasteiger partial charge on any atom is -0.463 e. The van der Waals surface area contributed by atoms with Gasteiger partial charge in [0.2, 0.25) is 0 Å². The monoisotopic (exact) mass is 366 g/mol. The van der Waals surface area contributed by atoms with E-state index in [0.717, 1.165) is 22.2 Å². The maximum absolute atomic E-state index is 12.5. The van der Waals surface area contributed by atoms with E-state index in [1.807, 2.05) is 62.4 Å². The van der Waals surface area contributed by atoms with Crippen LogP contribution in [0.3, 0.4) is 0 Å². The summed E-state index contributed by atoms with van der Waals surface area (Å²) in [6, 6.07) is 19.8. The molecule has 0 saturated carbocycles. The van der Waals surface area contributed by atoms with E-state index in [4.69, 9.17) is 9.73 Å². The number of benzene rings is 2. The van der Waals surface area contributed by atoms with Crippen molar-refractivity contribution in [2.45, 2.75) is 25.6 Å². The molecule has 0 unspecified atom stereocenters. The van der Waals surface area contributed by atoms with Gasteiger partial charge in [-0.15, -0.1) is 0 Å². The smallest absolute Gasteiger partial charge is 0.338 e. The molecule has 0 fully saturated rings. The van der Waals surface area contributed by atoms with Crippen LogP contribution >= 0.6 is 11.8 Å². The Balaban J connectivity index is 1.86. The van der Waals surface area contributed by atoms with Crippen LogP contribution < -0.4 is 5.32 Å². The van der Waals surface area contributed by atoms with Gasteiger partial charge in [-0.2, -0.15) is 0 Å². The SMILES string of the molecule is CCOC(=O)C1=C(C)NC(SCc2ccccc2)=N[C@H]1c1ccccc1. The zero-order valence-corrected chi connectivity index (χ0v) is 15.8. The lowest BCUT2D eigenvalue weighted by molar-refractivity contribution is -0.138. The van der Waals surface area contributed by atoms with Gasteiger partial charge in [0, 0.05) is 11.4 Å². The summed E-state index contributed by atoms with van der Waals surface area (Å²) in [4.78, 5) is 17.3. The van der Waals surface area contributed by atoms with Crippen molar-refractivity contribution in [3.8, 4) is 0 Å². The number of carbonyl (C=O) groups is 1. The summed E-state index contributed by atoms with van der Waals surface area (Å²) >= 11 is 1.63. The van der Waals surface area contributed by atoms with Gasteiger partial charge in [0.15, 0.2) is 5.17 Å². The molecular weight excluding hydrogens is 344 g/mol. The molecule has 1 atom stereocenters. The van der Waals surface area contributed by atoms with E-state index in [1.54, 1.807) is 11.8 Å². The molecule has 2 aromatic rings. The predicted octanol–water partition coefficient (Wildman–Crippen LogP) is 4.46. The highest BCUT2D eigenvalue weighted by Gasteiger charge is 2.30. The Kier molecular flexibility index (Phi) is 6.12. The molecule has 0 amide bonds. The van der Waals surface area contributed by atoms with Crippen molar-refractivity contribution in [2.24, 2.45) is 4.99 Å². The number of allylic oxidation sites excluding steroid dienone is 1. The summed E-state index contributed by atoms with van der Waals surface area (Å²) in [5, 5.41) is 4.08. The molecule has 0 spiro atoms. The number of esters is 1. The highest BCUT2D eigenvalue weighted by molar-refractivity contribution is 8.13. The van der Waals surface area contributed by atoms with Gasteiger partial charge in [-0.05, 0) is 25.0 Å². The van der Waals surface area contributed by atoms with Crippen LogP contribution in [0.25, 0.3) is 0 Å². The maximum atomic E-state index is 12.5. The van der Waals surface area contributed by atoms with Crippen molar-refractivity contribution in [3.05, 3.63) is 83.1 Å². The number of carbonyl (C=O) groups excluding carboxylic acids is 1. The van der Waals surface area contributed by atoms with E-state index in [0.29, 0.717) is 12.2 Å². The van der Waals surface area contributed by atoms with Gasteiger partial charge in [0.25, 0.3) is 0 Å². The molecule has 134 valence electrons. The molecule has 1 heterocycles. The Labute approximate surface area is 158 Å². The maximum Gasteiger partial charge on any atom is 0.338 e. The van der Waals surface area contributed by atoms with E-state index in [-0.39, 0.29) is 12.0 Å². The summed E-state index contributed by atoms with van der Waals surface area (Å²) in [6.07, 6.45) is 0. The lowest BCUT2D eigenvalue weighted by atomic mass is 9.97. The average molecular weight is 366 g/mol. The lowest BCUT2D eigenvalue weighted by Crippen LogP contribution is -2.30. The molecule has 5 heteroatoms. The van der Waals surface area contributed by atoms with Crippen LogP contribution in [0.2, 0.25) is 0 Å². The average Bonchev–Trinajstić information content (AvgIpc) is 2.67. The third kappa shape index (κ3) is 4.35. The highest BCUT2D eigenvalue weighted by atomic mass is 32.2. The number of amidine groups is 1. The van der Waals surface area contributed by atoms with E-state index in [2.05, 4.69) is 17.4 Å². The van der Waals surface area contributed by atoms with Crippen LogP contribution in [0.1, 0.15) is 31.0 Å². The lowest BCUT2D eigenvalue weighted by Gasteiger charge is -2.25. The predicted molar refractivity (Wildman–Crippen MR) is 107 cm³/mol. The summed E-state index contributed by atoms with van der Waals surface area (Å²) in [5.74, 6) is 0.498. The zero-order valence-electron chi connectivity index (χ0n) is 14.9. The second kappa shape index (κ2) is 8.72. The van der Waals surface area contributed by atoms with Gasteiger partial charge in [0.1, 0.15) is 6.04 Å². The van der Waals surface area contributed by atoms with Crippen LogP contribution in [-0.2, 0) is 15.3 Å². The zero-order chi connectivity index (χ0) is 18.4. The third-order valence-corrected chi connectivity index (χ3v) is 5.01. The Bertz CT molecular complexity index is 816. The van der Waals surface area contributed by atoms with Gasteiger partial charge in [-0.25, -0.2) is 9.79 Å². The normalized spacial score (nSPS) is 16.7. The van der Waals surface area contributed by atoms with E-state index in [9.17, 15) is 4.79 Å². The molecule has 1 aliphatic rings. The fourth-order valence-corrected chi connectivity index (χ4v) is 3.70. The van der Waals surface area contributed by atoms with Crippen LogP contribution in [0.4, 0.5) is 0 Å². The Hall–Kier alpha value is -2.53. The minimum atomic E-state index is -0.352. The highest BCUT2D eigenvalue weighted by Crippen LogP contribution is 2.33. The first kappa shape index (κ1) is 18.3. The largest absolute Gasteiger partial charge is 0.463 e. The second-order valence-electron chi connectivity index (χ2n) is 5.91. The summed E-state index contributed by atoms with van der Waals surface area (Å²) < 4.78 is 5.26. The third-order valence-electron chi connectivity index (χ3n) is 4.05. The van der Waals surface area contributed by atoms with Crippen molar-refractivity contribution in [1.29, 1.82) is 0 Å². The van der Waals surface area contributed by atoms with Gasteiger partial charge in [-0.3, -0.25) is 0 Å². The number of hydrogen-bond acceptors (Lipinski definition) is 5. The number of rotatable bonds is 5.